The maximum atomic E-state index is 12.6. The second-order valence-corrected chi connectivity index (χ2v) is 8.61. The molecule has 2 aromatic carbocycles. The maximum absolute atomic E-state index is 12.6. The van der Waals surface area contributed by atoms with Crippen LogP contribution in [0, 0.1) is 5.92 Å². The van der Waals surface area contributed by atoms with Gasteiger partial charge in [0, 0.05) is 31.5 Å². The molecule has 1 aliphatic heterocycles. The summed E-state index contributed by atoms with van der Waals surface area (Å²) in [6.07, 6.45) is -0.779. The minimum Gasteiger partial charge on any atom is -0.445 e. The van der Waals surface area contributed by atoms with Crippen LogP contribution in [0.2, 0.25) is 0 Å². The smallest absolute Gasteiger partial charge is 0.410 e. The van der Waals surface area contributed by atoms with E-state index in [2.05, 4.69) is 17.4 Å². The van der Waals surface area contributed by atoms with Crippen LogP contribution in [0.15, 0.2) is 60.7 Å². The average Bonchev–Trinajstić information content (AvgIpc) is 3.15. The molecule has 1 N–H and O–H groups in total. The first-order valence-electron chi connectivity index (χ1n) is 10.3. The lowest BCUT2D eigenvalue weighted by Gasteiger charge is -2.24. The Bertz CT molecular complexity index is 833. The monoisotopic (exact) mass is 410 g/mol. The fourth-order valence-corrected chi connectivity index (χ4v) is 3.62. The van der Waals surface area contributed by atoms with Crippen LogP contribution in [0.3, 0.4) is 0 Å². The van der Waals surface area contributed by atoms with E-state index in [0.717, 1.165) is 11.1 Å². The number of benzene rings is 2. The molecule has 2 aromatic rings. The molecule has 0 saturated carbocycles. The molecule has 0 unspecified atom stereocenters. The van der Waals surface area contributed by atoms with Crippen LogP contribution in [0.5, 0.6) is 0 Å². The molecule has 2 amide bonds. The van der Waals surface area contributed by atoms with E-state index in [4.69, 9.17) is 9.47 Å². The standard InChI is InChI=1S/C24H30N2O4/c1-24(2,3)30-23(28)26-15-20(21(16-26)19-12-8-5-9-13-19)14-25-22(27)29-17-18-10-6-4-7-11-18/h4-13,20-21H,14-17H2,1-3H3,(H,25,27)/t20-,21+/m0/s1. The molecule has 0 radical (unpaired) electrons. The number of nitrogens with one attached hydrogen (secondary N) is 1. The van der Waals surface area contributed by atoms with Gasteiger partial charge in [0.05, 0.1) is 0 Å². The van der Waals surface area contributed by atoms with E-state index in [1.807, 2.05) is 69.3 Å². The lowest BCUT2D eigenvalue weighted by molar-refractivity contribution is 0.0287. The van der Waals surface area contributed by atoms with E-state index >= 15 is 0 Å². The molecule has 1 fully saturated rings. The molecule has 0 spiro atoms. The van der Waals surface area contributed by atoms with Gasteiger partial charge in [0.2, 0.25) is 0 Å². The second-order valence-electron chi connectivity index (χ2n) is 8.61. The molecule has 160 valence electrons. The molecule has 6 heteroatoms. The SMILES string of the molecule is CC(C)(C)OC(=O)N1C[C@H](CNC(=O)OCc2ccccc2)[C@@H](c2ccccc2)C1. The van der Waals surface area contributed by atoms with Crippen molar-refractivity contribution in [2.75, 3.05) is 19.6 Å². The van der Waals surface area contributed by atoms with Gasteiger partial charge in [0.15, 0.2) is 0 Å². The summed E-state index contributed by atoms with van der Waals surface area (Å²) in [5, 5.41) is 2.86. The number of alkyl carbamates (subject to hydrolysis) is 1. The first-order valence-corrected chi connectivity index (χ1v) is 10.3. The van der Waals surface area contributed by atoms with Crippen LogP contribution in [-0.2, 0) is 16.1 Å². The van der Waals surface area contributed by atoms with Gasteiger partial charge in [-0.05, 0) is 31.9 Å². The summed E-state index contributed by atoms with van der Waals surface area (Å²) >= 11 is 0. The number of carbonyl (C=O) groups excluding carboxylic acids is 2. The number of carbonyl (C=O) groups is 2. The maximum Gasteiger partial charge on any atom is 0.410 e. The van der Waals surface area contributed by atoms with Crippen LogP contribution in [0.25, 0.3) is 0 Å². The zero-order valence-electron chi connectivity index (χ0n) is 17.8. The Morgan fingerprint density at radius 3 is 2.27 bits per heavy atom. The first kappa shape index (κ1) is 21.7. The lowest BCUT2D eigenvalue weighted by Crippen LogP contribution is -2.36. The highest BCUT2D eigenvalue weighted by atomic mass is 16.6. The molecule has 0 bridgehead atoms. The van der Waals surface area contributed by atoms with Crippen molar-refractivity contribution in [1.29, 1.82) is 0 Å². The first-order chi connectivity index (χ1) is 14.3. The summed E-state index contributed by atoms with van der Waals surface area (Å²) in [4.78, 5) is 26.5. The molecule has 6 nitrogen and oxygen atoms in total. The van der Waals surface area contributed by atoms with Gasteiger partial charge in [-0.25, -0.2) is 9.59 Å². The van der Waals surface area contributed by atoms with Gasteiger partial charge in [0.25, 0.3) is 0 Å². The van der Waals surface area contributed by atoms with E-state index in [1.165, 1.54) is 0 Å². The van der Waals surface area contributed by atoms with E-state index in [0.29, 0.717) is 19.6 Å². The van der Waals surface area contributed by atoms with E-state index < -0.39 is 11.7 Å². The summed E-state index contributed by atoms with van der Waals surface area (Å²) in [6.45, 7) is 7.31. The van der Waals surface area contributed by atoms with Gasteiger partial charge in [-0.15, -0.1) is 0 Å². The number of hydrogen-bond acceptors (Lipinski definition) is 4. The average molecular weight is 411 g/mol. The Morgan fingerprint density at radius 1 is 1.00 bits per heavy atom. The topological polar surface area (TPSA) is 67.9 Å². The van der Waals surface area contributed by atoms with Crippen LogP contribution in [0.4, 0.5) is 9.59 Å². The third-order valence-corrected chi connectivity index (χ3v) is 5.04. The van der Waals surface area contributed by atoms with Crippen LogP contribution >= 0.6 is 0 Å². The summed E-state index contributed by atoms with van der Waals surface area (Å²) in [6, 6.07) is 19.6. The molecule has 1 aliphatic rings. The molecule has 1 heterocycles. The Labute approximate surface area is 178 Å². The van der Waals surface area contributed by atoms with Crippen molar-refractivity contribution < 1.29 is 19.1 Å². The molecule has 0 aliphatic carbocycles. The largest absolute Gasteiger partial charge is 0.445 e. The fraction of sp³-hybridized carbons (Fsp3) is 0.417. The van der Waals surface area contributed by atoms with Crippen molar-refractivity contribution in [3.63, 3.8) is 0 Å². The number of ether oxygens (including phenoxy) is 2. The van der Waals surface area contributed by atoms with Gasteiger partial charge in [0.1, 0.15) is 12.2 Å². The lowest BCUT2D eigenvalue weighted by atomic mass is 9.89. The van der Waals surface area contributed by atoms with Crippen molar-refractivity contribution in [3.8, 4) is 0 Å². The predicted octanol–water partition coefficient (Wildman–Crippen LogP) is 4.56. The van der Waals surface area contributed by atoms with Crippen molar-refractivity contribution in [3.05, 3.63) is 71.8 Å². The predicted molar refractivity (Wildman–Crippen MR) is 115 cm³/mol. The summed E-state index contributed by atoms with van der Waals surface area (Å²) in [5.41, 5.74) is 1.54. The molecule has 0 aromatic heterocycles. The highest BCUT2D eigenvalue weighted by Gasteiger charge is 2.38. The van der Waals surface area contributed by atoms with Crippen molar-refractivity contribution in [1.82, 2.24) is 10.2 Å². The summed E-state index contributed by atoms with van der Waals surface area (Å²) in [5.74, 6) is 0.192. The van der Waals surface area contributed by atoms with Crippen LogP contribution < -0.4 is 5.32 Å². The van der Waals surface area contributed by atoms with Crippen LogP contribution in [0.1, 0.15) is 37.8 Å². The molecule has 30 heavy (non-hydrogen) atoms. The van der Waals surface area contributed by atoms with Gasteiger partial charge in [-0.1, -0.05) is 60.7 Å². The van der Waals surface area contributed by atoms with Crippen LogP contribution in [-0.4, -0.2) is 42.3 Å². The van der Waals surface area contributed by atoms with Gasteiger partial charge < -0.3 is 19.7 Å². The molecule has 2 atom stereocenters. The number of likely N-dealkylation sites (tertiary alicyclic amines) is 1. The van der Waals surface area contributed by atoms with E-state index in [-0.39, 0.29) is 24.5 Å². The Morgan fingerprint density at radius 2 is 1.63 bits per heavy atom. The van der Waals surface area contributed by atoms with Gasteiger partial charge in [-0.2, -0.15) is 0 Å². The van der Waals surface area contributed by atoms with Gasteiger partial charge in [-0.3, -0.25) is 0 Å². The Balaban J connectivity index is 1.60. The van der Waals surface area contributed by atoms with Crippen molar-refractivity contribution in [2.24, 2.45) is 5.92 Å². The number of hydrogen-bond donors (Lipinski definition) is 1. The number of rotatable bonds is 5. The fourth-order valence-electron chi connectivity index (χ4n) is 3.62. The Kier molecular flexibility index (Phi) is 6.98. The number of nitrogens with zero attached hydrogens (tertiary/aromatic N) is 1. The molecule has 3 rings (SSSR count). The van der Waals surface area contributed by atoms with Crippen molar-refractivity contribution in [2.45, 2.75) is 38.9 Å². The zero-order chi connectivity index (χ0) is 21.6. The third-order valence-electron chi connectivity index (χ3n) is 5.04. The third kappa shape index (κ3) is 6.24. The molecular weight excluding hydrogens is 380 g/mol. The summed E-state index contributed by atoms with van der Waals surface area (Å²) < 4.78 is 10.9. The minimum atomic E-state index is -0.545. The van der Waals surface area contributed by atoms with Gasteiger partial charge >= 0.3 is 12.2 Å². The highest BCUT2D eigenvalue weighted by molar-refractivity contribution is 5.69. The molecular formula is C24H30N2O4. The van der Waals surface area contributed by atoms with E-state index in [9.17, 15) is 9.59 Å². The minimum absolute atomic E-state index is 0.0733. The quantitative estimate of drug-likeness (QED) is 0.784. The highest BCUT2D eigenvalue weighted by Crippen LogP contribution is 2.33. The normalized spacial score (nSPS) is 18.7. The number of amides is 2. The summed E-state index contributed by atoms with van der Waals surface area (Å²) in [7, 11) is 0. The van der Waals surface area contributed by atoms with Crippen molar-refractivity contribution >= 4 is 12.2 Å². The van der Waals surface area contributed by atoms with E-state index in [1.54, 1.807) is 4.90 Å². The molecule has 1 saturated heterocycles. The Hall–Kier alpha value is -3.02. The second kappa shape index (κ2) is 9.65. The zero-order valence-corrected chi connectivity index (χ0v) is 17.8.